The predicted octanol–water partition coefficient (Wildman–Crippen LogP) is 1.14. The molecule has 3 aromatic rings. The monoisotopic (exact) mass is 384 g/mol. The van der Waals surface area contributed by atoms with Gasteiger partial charge in [0, 0.05) is 38.4 Å². The van der Waals surface area contributed by atoms with Crippen molar-refractivity contribution in [1.82, 2.24) is 29.9 Å². The Morgan fingerprint density at radius 1 is 1.14 bits per heavy atom. The molecule has 0 bridgehead atoms. The number of aryl methyl sites for hydroxylation is 1. The summed E-state index contributed by atoms with van der Waals surface area (Å²) in [5.41, 5.74) is 2.02. The number of fused-ring (bicyclic) bond motifs is 1. The molecule has 1 aliphatic rings. The van der Waals surface area contributed by atoms with E-state index in [1.807, 2.05) is 6.92 Å². The molecule has 1 amide bonds. The van der Waals surface area contributed by atoms with Crippen LogP contribution >= 0.6 is 0 Å². The van der Waals surface area contributed by atoms with Crippen LogP contribution in [0.1, 0.15) is 6.92 Å². The van der Waals surface area contributed by atoms with E-state index < -0.39 is 0 Å². The summed E-state index contributed by atoms with van der Waals surface area (Å²) in [5, 5.41) is 11.1. The number of benzene rings is 1. The van der Waals surface area contributed by atoms with E-state index in [1.54, 1.807) is 16.8 Å². The number of amides is 1. The first-order chi connectivity index (χ1) is 13.6. The number of piperazine rings is 1. The van der Waals surface area contributed by atoms with E-state index in [2.05, 4.69) is 35.4 Å². The van der Waals surface area contributed by atoms with Gasteiger partial charge in [-0.3, -0.25) is 9.69 Å². The van der Waals surface area contributed by atoms with Crippen molar-refractivity contribution < 1.29 is 9.18 Å². The first-order valence-corrected chi connectivity index (χ1v) is 9.21. The zero-order chi connectivity index (χ0) is 19.5. The predicted molar refractivity (Wildman–Crippen MR) is 102 cm³/mol. The highest BCUT2D eigenvalue weighted by molar-refractivity contribution is 5.92. The maximum absolute atomic E-state index is 12.9. The molecule has 0 atom stereocenters. The summed E-state index contributed by atoms with van der Waals surface area (Å²) < 4.78 is 14.7. The Bertz CT molecular complexity index is 965. The molecule has 1 saturated heterocycles. The smallest absolute Gasteiger partial charge is 0.238 e. The second-order valence-electron chi connectivity index (χ2n) is 6.59. The van der Waals surface area contributed by atoms with E-state index >= 15 is 0 Å². The standard InChI is InChI=1S/C18H21FN8O/c1-2-27-18-16(23-24-27)17(20-12-21-18)26-9-7-25(8-10-26)11-15(28)22-14-5-3-13(19)4-6-14/h3-6,12H,2,7-11H2,1H3,(H,22,28). The maximum Gasteiger partial charge on any atom is 0.238 e. The number of hydrogen-bond acceptors (Lipinski definition) is 7. The SMILES string of the molecule is CCn1nnc2c(N3CCN(CC(=O)Nc4ccc(F)cc4)CC3)ncnc21. The molecule has 0 radical (unpaired) electrons. The summed E-state index contributed by atoms with van der Waals surface area (Å²) >= 11 is 0. The summed E-state index contributed by atoms with van der Waals surface area (Å²) in [6.07, 6.45) is 1.54. The Morgan fingerprint density at radius 3 is 2.61 bits per heavy atom. The second-order valence-corrected chi connectivity index (χ2v) is 6.59. The van der Waals surface area contributed by atoms with Gasteiger partial charge in [-0.25, -0.2) is 19.0 Å². The lowest BCUT2D eigenvalue weighted by atomic mass is 10.3. The molecule has 1 aromatic carbocycles. The van der Waals surface area contributed by atoms with Crippen LogP contribution < -0.4 is 10.2 Å². The molecule has 1 N–H and O–H groups in total. The van der Waals surface area contributed by atoms with E-state index in [0.717, 1.165) is 37.6 Å². The van der Waals surface area contributed by atoms with Gasteiger partial charge in [-0.2, -0.15) is 0 Å². The summed E-state index contributed by atoms with van der Waals surface area (Å²) in [5.74, 6) is 0.336. The highest BCUT2D eigenvalue weighted by Gasteiger charge is 2.23. The molecular formula is C18H21FN8O. The molecule has 0 aliphatic carbocycles. The van der Waals surface area contributed by atoms with Crippen molar-refractivity contribution in [3.05, 3.63) is 36.4 Å². The Hall–Kier alpha value is -3.14. The van der Waals surface area contributed by atoms with Crippen molar-refractivity contribution in [3.8, 4) is 0 Å². The number of aromatic nitrogens is 5. The fraction of sp³-hybridized carbons (Fsp3) is 0.389. The molecular weight excluding hydrogens is 363 g/mol. The topological polar surface area (TPSA) is 92.1 Å². The number of rotatable bonds is 5. The number of nitrogens with zero attached hydrogens (tertiary/aromatic N) is 7. The third-order valence-corrected chi connectivity index (χ3v) is 4.75. The van der Waals surface area contributed by atoms with Crippen LogP contribution in [0, 0.1) is 5.82 Å². The minimum atomic E-state index is -0.327. The lowest BCUT2D eigenvalue weighted by Gasteiger charge is -2.34. The second kappa shape index (κ2) is 7.85. The molecule has 0 unspecified atom stereocenters. The fourth-order valence-corrected chi connectivity index (χ4v) is 3.28. The molecule has 1 aliphatic heterocycles. The van der Waals surface area contributed by atoms with E-state index in [1.165, 1.54) is 18.5 Å². The van der Waals surface area contributed by atoms with E-state index in [4.69, 9.17) is 0 Å². The van der Waals surface area contributed by atoms with Crippen molar-refractivity contribution in [3.63, 3.8) is 0 Å². The molecule has 1 fully saturated rings. The molecule has 146 valence electrons. The number of hydrogen-bond donors (Lipinski definition) is 1. The normalized spacial score (nSPS) is 15.1. The summed E-state index contributed by atoms with van der Waals surface area (Å²) in [6.45, 7) is 5.89. The molecule has 28 heavy (non-hydrogen) atoms. The molecule has 0 spiro atoms. The minimum Gasteiger partial charge on any atom is -0.352 e. The Kier molecular flexibility index (Phi) is 5.11. The van der Waals surface area contributed by atoms with Crippen LogP contribution in [-0.4, -0.2) is 68.5 Å². The van der Waals surface area contributed by atoms with Gasteiger partial charge in [0.1, 0.15) is 12.1 Å². The van der Waals surface area contributed by atoms with Gasteiger partial charge in [0.05, 0.1) is 6.54 Å². The van der Waals surface area contributed by atoms with Gasteiger partial charge >= 0.3 is 0 Å². The number of carbonyl (C=O) groups excluding carboxylic acids is 1. The highest BCUT2D eigenvalue weighted by Crippen LogP contribution is 2.21. The molecule has 4 rings (SSSR count). The molecule has 0 saturated carbocycles. The highest BCUT2D eigenvalue weighted by atomic mass is 19.1. The number of anilines is 2. The fourth-order valence-electron chi connectivity index (χ4n) is 3.28. The van der Waals surface area contributed by atoms with E-state index in [9.17, 15) is 9.18 Å². The summed E-state index contributed by atoms with van der Waals surface area (Å²) in [6, 6.07) is 5.75. The summed E-state index contributed by atoms with van der Waals surface area (Å²) in [7, 11) is 0. The maximum atomic E-state index is 12.9. The third-order valence-electron chi connectivity index (χ3n) is 4.75. The third kappa shape index (κ3) is 3.77. The first-order valence-electron chi connectivity index (χ1n) is 9.21. The minimum absolute atomic E-state index is 0.115. The van der Waals surface area contributed by atoms with Crippen LogP contribution in [-0.2, 0) is 11.3 Å². The molecule has 3 heterocycles. The van der Waals surface area contributed by atoms with Crippen LogP contribution in [0.15, 0.2) is 30.6 Å². The molecule has 10 heteroatoms. The largest absolute Gasteiger partial charge is 0.352 e. The molecule has 2 aromatic heterocycles. The first kappa shape index (κ1) is 18.2. The van der Waals surface area contributed by atoms with Gasteiger partial charge in [0.15, 0.2) is 17.0 Å². The van der Waals surface area contributed by atoms with E-state index in [0.29, 0.717) is 17.7 Å². The van der Waals surface area contributed by atoms with Crippen molar-refractivity contribution in [2.45, 2.75) is 13.5 Å². The zero-order valence-corrected chi connectivity index (χ0v) is 15.5. The molecule has 9 nitrogen and oxygen atoms in total. The summed E-state index contributed by atoms with van der Waals surface area (Å²) in [4.78, 5) is 25.1. The zero-order valence-electron chi connectivity index (χ0n) is 15.5. The van der Waals surface area contributed by atoms with Crippen molar-refractivity contribution in [2.75, 3.05) is 42.9 Å². The van der Waals surface area contributed by atoms with Crippen molar-refractivity contribution in [2.24, 2.45) is 0 Å². The van der Waals surface area contributed by atoms with Crippen LogP contribution in [0.3, 0.4) is 0 Å². The van der Waals surface area contributed by atoms with E-state index in [-0.39, 0.29) is 18.3 Å². The average molecular weight is 384 g/mol. The van der Waals surface area contributed by atoms with Gasteiger partial charge < -0.3 is 10.2 Å². The van der Waals surface area contributed by atoms with Gasteiger partial charge in [-0.15, -0.1) is 5.10 Å². The van der Waals surface area contributed by atoms with Crippen LogP contribution in [0.4, 0.5) is 15.9 Å². The Balaban J connectivity index is 1.35. The van der Waals surface area contributed by atoms with Gasteiger partial charge in [0.25, 0.3) is 0 Å². The lowest BCUT2D eigenvalue weighted by molar-refractivity contribution is -0.117. The van der Waals surface area contributed by atoms with Crippen molar-refractivity contribution >= 4 is 28.6 Å². The van der Waals surface area contributed by atoms with Gasteiger partial charge in [0.2, 0.25) is 5.91 Å². The number of halogens is 1. The quantitative estimate of drug-likeness (QED) is 0.705. The van der Waals surface area contributed by atoms with Crippen LogP contribution in [0.5, 0.6) is 0 Å². The number of carbonyl (C=O) groups is 1. The van der Waals surface area contributed by atoms with Crippen LogP contribution in [0.2, 0.25) is 0 Å². The Labute approximate surface area is 161 Å². The van der Waals surface area contributed by atoms with Gasteiger partial charge in [-0.05, 0) is 31.2 Å². The van der Waals surface area contributed by atoms with Crippen molar-refractivity contribution in [1.29, 1.82) is 0 Å². The number of nitrogens with one attached hydrogen (secondary N) is 1. The Morgan fingerprint density at radius 2 is 1.89 bits per heavy atom. The van der Waals surface area contributed by atoms with Gasteiger partial charge in [-0.1, -0.05) is 5.21 Å². The van der Waals surface area contributed by atoms with Crippen LogP contribution in [0.25, 0.3) is 11.2 Å². The average Bonchev–Trinajstić information content (AvgIpc) is 3.14. The lowest BCUT2D eigenvalue weighted by Crippen LogP contribution is -2.49.